The summed E-state index contributed by atoms with van der Waals surface area (Å²) in [7, 11) is 0. The van der Waals surface area contributed by atoms with Gasteiger partial charge in [-0.3, -0.25) is 0 Å². The molecule has 0 N–H and O–H groups in total. The molecular formula is C50H31N3. The summed E-state index contributed by atoms with van der Waals surface area (Å²) in [6.45, 7) is 0. The minimum Gasteiger partial charge on any atom is -0.309 e. The highest BCUT2D eigenvalue weighted by Gasteiger charge is 2.23. The van der Waals surface area contributed by atoms with Crippen molar-refractivity contribution >= 4 is 81.7 Å². The molecule has 8 aromatic carbocycles. The normalized spacial score (nSPS) is 12.2. The lowest BCUT2D eigenvalue weighted by molar-refractivity contribution is 1.17. The van der Waals surface area contributed by atoms with Crippen LogP contribution in [0.15, 0.2) is 188 Å². The minimum absolute atomic E-state index is 1.14. The molecule has 246 valence electrons. The second-order valence-corrected chi connectivity index (χ2v) is 14.1. The van der Waals surface area contributed by atoms with Gasteiger partial charge in [-0.05, 0) is 65.5 Å². The van der Waals surface area contributed by atoms with Crippen LogP contribution in [-0.2, 0) is 0 Å². The number of hydrogen-bond donors (Lipinski definition) is 0. The molecule has 0 aliphatic carbocycles. The maximum absolute atomic E-state index is 2.51. The number of hydrogen-bond acceptors (Lipinski definition) is 0. The minimum atomic E-state index is 1.14. The number of para-hydroxylation sites is 4. The number of nitrogens with zero attached hydrogens (tertiary/aromatic N) is 3. The van der Waals surface area contributed by atoms with Crippen molar-refractivity contribution in [1.29, 1.82) is 0 Å². The van der Waals surface area contributed by atoms with Crippen molar-refractivity contribution in [3.8, 4) is 22.5 Å². The zero-order valence-electron chi connectivity index (χ0n) is 28.7. The van der Waals surface area contributed by atoms with Gasteiger partial charge in [0, 0.05) is 54.6 Å². The van der Waals surface area contributed by atoms with Crippen LogP contribution in [0.1, 0.15) is 0 Å². The van der Waals surface area contributed by atoms with Crippen LogP contribution >= 0.6 is 0 Å². The lowest BCUT2D eigenvalue weighted by Crippen LogP contribution is -1.95. The summed E-state index contributed by atoms with van der Waals surface area (Å²) in [6.07, 6.45) is 0. The van der Waals surface area contributed by atoms with Gasteiger partial charge in [0.2, 0.25) is 0 Å². The van der Waals surface area contributed by atoms with Crippen molar-refractivity contribution in [3.05, 3.63) is 188 Å². The number of fused-ring (bicyclic) bond motifs is 15. The van der Waals surface area contributed by atoms with Gasteiger partial charge < -0.3 is 13.5 Å². The molecule has 0 saturated carbocycles. The van der Waals surface area contributed by atoms with Gasteiger partial charge in [0.1, 0.15) is 0 Å². The molecule has 0 amide bonds. The largest absolute Gasteiger partial charge is 0.309 e. The zero-order valence-corrected chi connectivity index (χ0v) is 28.7. The molecule has 3 nitrogen and oxygen atoms in total. The Balaban J connectivity index is 1.24. The molecule has 0 aliphatic rings. The van der Waals surface area contributed by atoms with E-state index in [1.165, 1.54) is 98.5 Å². The van der Waals surface area contributed by atoms with Crippen LogP contribution in [0.25, 0.3) is 104 Å². The Labute approximate surface area is 304 Å². The van der Waals surface area contributed by atoms with Crippen LogP contribution in [0, 0.1) is 0 Å². The maximum Gasteiger partial charge on any atom is 0.0626 e. The molecule has 0 unspecified atom stereocenters. The summed E-state index contributed by atoms with van der Waals surface area (Å²) >= 11 is 0. The highest BCUT2D eigenvalue weighted by molar-refractivity contribution is 6.29. The van der Waals surface area contributed by atoms with Gasteiger partial charge in [-0.2, -0.15) is 0 Å². The molecule has 0 bridgehead atoms. The quantitative estimate of drug-likeness (QED) is 0.166. The number of aromatic nitrogens is 3. The van der Waals surface area contributed by atoms with E-state index in [1.54, 1.807) is 0 Å². The Bertz CT molecular complexity index is 3430. The maximum atomic E-state index is 2.51. The van der Waals surface area contributed by atoms with Gasteiger partial charge in [-0.25, -0.2) is 0 Å². The van der Waals surface area contributed by atoms with E-state index in [2.05, 4.69) is 202 Å². The lowest BCUT2D eigenvalue weighted by Gasteiger charge is -2.12. The predicted octanol–water partition coefficient (Wildman–Crippen LogP) is 13.3. The molecule has 0 saturated heterocycles. The fourth-order valence-electron chi connectivity index (χ4n) is 9.29. The van der Waals surface area contributed by atoms with Crippen LogP contribution in [0.4, 0.5) is 0 Å². The van der Waals surface area contributed by atoms with E-state index in [0.29, 0.717) is 0 Å². The number of rotatable bonds is 3. The van der Waals surface area contributed by atoms with Crippen LogP contribution < -0.4 is 0 Å². The second kappa shape index (κ2) is 10.7. The highest BCUT2D eigenvalue weighted by atomic mass is 15.0. The van der Waals surface area contributed by atoms with Crippen molar-refractivity contribution in [2.75, 3.05) is 0 Å². The third-order valence-corrected chi connectivity index (χ3v) is 11.4. The third-order valence-electron chi connectivity index (χ3n) is 11.4. The Morgan fingerprint density at radius 2 is 0.792 bits per heavy atom. The smallest absolute Gasteiger partial charge is 0.0626 e. The lowest BCUT2D eigenvalue weighted by atomic mass is 9.99. The zero-order chi connectivity index (χ0) is 34.6. The van der Waals surface area contributed by atoms with Crippen molar-refractivity contribution in [2.45, 2.75) is 0 Å². The van der Waals surface area contributed by atoms with E-state index >= 15 is 0 Å². The fraction of sp³-hybridized carbons (Fsp3) is 0. The first-order valence-corrected chi connectivity index (χ1v) is 18.3. The molecule has 12 aromatic rings. The SMILES string of the molecule is c1ccc(-c2c3ccc(-n4c5ccccc5c5c6c7ccccc7n(-c7ccccc7)c6ccc54)cc3n3c4ccccc4c4ccccc4c23)cc1. The van der Waals surface area contributed by atoms with Crippen molar-refractivity contribution in [1.82, 2.24) is 13.5 Å². The first-order chi connectivity index (χ1) is 26.3. The highest BCUT2D eigenvalue weighted by Crippen LogP contribution is 2.45. The summed E-state index contributed by atoms with van der Waals surface area (Å²) in [5.74, 6) is 0. The van der Waals surface area contributed by atoms with Crippen LogP contribution in [0.5, 0.6) is 0 Å². The first-order valence-electron chi connectivity index (χ1n) is 18.3. The standard InChI is InChI=1S/C50H31N3/c1-3-15-32(16-4-1)47-40-28-27-34(31-46(40)53-41-24-12-9-20-36(41)35-19-7-8-21-37(35)50(47)53)52-43-26-14-11-23-39(43)49-45(52)30-29-44-48(49)38-22-10-13-25-42(38)51(44)33-17-5-2-6-18-33/h1-31H. The van der Waals surface area contributed by atoms with E-state index < -0.39 is 0 Å². The van der Waals surface area contributed by atoms with Gasteiger partial charge in [0.15, 0.2) is 0 Å². The Hall–Kier alpha value is -7.10. The van der Waals surface area contributed by atoms with Crippen LogP contribution in [0.2, 0.25) is 0 Å². The third kappa shape index (κ3) is 3.83. The average molecular weight is 674 g/mol. The summed E-state index contributed by atoms with van der Waals surface area (Å²) in [5.41, 5.74) is 13.3. The molecule has 4 heterocycles. The van der Waals surface area contributed by atoms with Crippen LogP contribution in [0.3, 0.4) is 0 Å². The van der Waals surface area contributed by atoms with Crippen molar-refractivity contribution < 1.29 is 0 Å². The predicted molar refractivity (Wildman–Crippen MR) is 224 cm³/mol. The van der Waals surface area contributed by atoms with Gasteiger partial charge in [-0.15, -0.1) is 0 Å². The molecule has 53 heavy (non-hydrogen) atoms. The van der Waals surface area contributed by atoms with E-state index in [4.69, 9.17) is 0 Å². The van der Waals surface area contributed by atoms with Gasteiger partial charge in [-0.1, -0.05) is 133 Å². The van der Waals surface area contributed by atoms with Crippen LogP contribution in [-0.4, -0.2) is 13.5 Å². The molecule has 0 fully saturated rings. The summed E-state index contributed by atoms with van der Waals surface area (Å²) in [4.78, 5) is 0. The molecule has 12 rings (SSSR count). The van der Waals surface area contributed by atoms with E-state index in [1.807, 2.05) is 0 Å². The number of benzene rings is 8. The number of pyridine rings is 1. The molecule has 0 radical (unpaired) electrons. The molecule has 0 atom stereocenters. The summed E-state index contributed by atoms with van der Waals surface area (Å²) in [5, 5.41) is 10.1. The van der Waals surface area contributed by atoms with Gasteiger partial charge in [0.25, 0.3) is 0 Å². The Morgan fingerprint density at radius 3 is 1.45 bits per heavy atom. The average Bonchev–Trinajstić information content (AvgIpc) is 3.87. The first kappa shape index (κ1) is 28.6. The second-order valence-electron chi connectivity index (χ2n) is 14.1. The summed E-state index contributed by atoms with van der Waals surface area (Å²) < 4.78 is 7.40. The monoisotopic (exact) mass is 673 g/mol. The molecular weight excluding hydrogens is 643 g/mol. The van der Waals surface area contributed by atoms with E-state index in [-0.39, 0.29) is 0 Å². The van der Waals surface area contributed by atoms with Crippen molar-refractivity contribution in [2.24, 2.45) is 0 Å². The Morgan fingerprint density at radius 1 is 0.283 bits per heavy atom. The molecule has 3 heteroatoms. The fourth-order valence-corrected chi connectivity index (χ4v) is 9.29. The summed E-state index contributed by atoms with van der Waals surface area (Å²) in [6, 6.07) is 68.8. The molecule has 4 aromatic heterocycles. The van der Waals surface area contributed by atoms with E-state index in [9.17, 15) is 0 Å². The van der Waals surface area contributed by atoms with Gasteiger partial charge in [0.05, 0.1) is 38.6 Å². The van der Waals surface area contributed by atoms with E-state index in [0.717, 1.165) is 5.69 Å². The molecule has 0 aliphatic heterocycles. The Kier molecular flexibility index (Phi) is 5.77. The molecule has 0 spiro atoms. The van der Waals surface area contributed by atoms with Crippen molar-refractivity contribution in [3.63, 3.8) is 0 Å². The topological polar surface area (TPSA) is 14.3 Å². The van der Waals surface area contributed by atoms with Gasteiger partial charge >= 0.3 is 0 Å².